The number of H-pyrrole nitrogens is 1. The maximum atomic E-state index is 14.4. The first-order valence-corrected chi connectivity index (χ1v) is 25.0. The number of aromatic nitrogens is 2. The van der Waals surface area contributed by atoms with Gasteiger partial charge >= 0.3 is 0 Å². The molecule has 2 saturated heterocycles. The molecule has 1 spiro atoms. The van der Waals surface area contributed by atoms with Crippen molar-refractivity contribution in [3.8, 4) is 5.88 Å². The van der Waals surface area contributed by atoms with E-state index in [9.17, 15) is 28.4 Å². The van der Waals surface area contributed by atoms with Gasteiger partial charge in [-0.25, -0.2) is 13.1 Å². The van der Waals surface area contributed by atoms with Gasteiger partial charge in [-0.2, -0.15) is 4.98 Å². The minimum atomic E-state index is -4.62. The van der Waals surface area contributed by atoms with E-state index >= 15 is 0 Å². The Morgan fingerprint density at radius 3 is 2.58 bits per heavy atom. The number of hydrogen-bond donors (Lipinski definition) is 4. The standard InChI is InChI=1S/C49H54ClN7O9S/c1-30-28-56(44-23-33-12-18-51-46(33)53-48(44)66-30)42-24-35(55-19-13-32(14-20-55)45(58)38-11-17-49(15-2-16-49)26-40(38)31-3-5-34(50)6-4-31)7-9-39(42)47(59)54-67(62,63)37-8-10-41(43(25-37)57(60)61)52-27-36-29-64-21-22-65-36/h3-10,12,18,23-25,30,32,36,45,52,58H,2,11,13-17,19-22,26-29H2,1H3,(H,51,53)(H,54,59)/t30-,36-,45-/m1/s1. The van der Waals surface area contributed by atoms with E-state index in [2.05, 4.69) is 32.1 Å². The normalized spacial score (nSPS) is 21.4. The van der Waals surface area contributed by atoms with Gasteiger partial charge in [0.1, 0.15) is 23.1 Å². The molecule has 2 aliphatic carbocycles. The highest BCUT2D eigenvalue weighted by atomic mass is 35.5. The van der Waals surface area contributed by atoms with Gasteiger partial charge < -0.3 is 39.4 Å². The van der Waals surface area contributed by atoms with Gasteiger partial charge in [-0.1, -0.05) is 30.2 Å². The van der Waals surface area contributed by atoms with Crippen LogP contribution >= 0.6 is 11.6 Å². The molecule has 5 aliphatic rings. The molecule has 3 fully saturated rings. The van der Waals surface area contributed by atoms with Crippen LogP contribution in [0.15, 0.2) is 89.5 Å². The third-order valence-corrected chi connectivity index (χ3v) is 15.9. The van der Waals surface area contributed by atoms with Crippen LogP contribution < -0.4 is 24.6 Å². The van der Waals surface area contributed by atoms with Crippen LogP contribution in [0.5, 0.6) is 5.88 Å². The van der Waals surface area contributed by atoms with Crippen LogP contribution in [0.1, 0.15) is 74.2 Å². The number of nitro groups is 1. The Morgan fingerprint density at radius 2 is 1.85 bits per heavy atom. The molecule has 4 N–H and O–H groups in total. The minimum absolute atomic E-state index is 0.0571. The monoisotopic (exact) mass is 951 g/mol. The van der Waals surface area contributed by atoms with Gasteiger partial charge in [0.05, 0.1) is 59.6 Å². The number of ether oxygens (including phenoxy) is 3. The zero-order valence-corrected chi connectivity index (χ0v) is 38.8. The summed E-state index contributed by atoms with van der Waals surface area (Å²) in [6.45, 7) is 4.92. The number of nitrogens with one attached hydrogen (secondary N) is 3. The van der Waals surface area contributed by atoms with E-state index in [1.165, 1.54) is 37.0 Å². The van der Waals surface area contributed by atoms with Crippen molar-refractivity contribution in [3.63, 3.8) is 0 Å². The number of carbonyl (C=O) groups is 1. The van der Waals surface area contributed by atoms with Gasteiger partial charge in [0.2, 0.25) is 5.88 Å². The summed E-state index contributed by atoms with van der Waals surface area (Å²) < 4.78 is 47.3. The molecule has 18 heteroatoms. The number of nitrogens with zero attached hydrogens (tertiary/aromatic N) is 4. The fraction of sp³-hybridized carbons (Fsp3) is 0.429. The first-order valence-electron chi connectivity index (χ1n) is 23.1. The maximum Gasteiger partial charge on any atom is 0.293 e. The lowest BCUT2D eigenvalue weighted by Gasteiger charge is -2.48. The van der Waals surface area contributed by atoms with E-state index < -0.39 is 37.5 Å². The van der Waals surface area contributed by atoms with E-state index in [-0.39, 0.29) is 35.9 Å². The number of rotatable bonds is 12. The van der Waals surface area contributed by atoms with Crippen molar-refractivity contribution in [2.75, 3.05) is 61.1 Å². The lowest BCUT2D eigenvalue weighted by molar-refractivity contribution is -0.384. The summed E-state index contributed by atoms with van der Waals surface area (Å²) >= 11 is 6.29. The second-order valence-corrected chi connectivity index (χ2v) is 20.7. The van der Waals surface area contributed by atoms with E-state index in [4.69, 9.17) is 30.8 Å². The largest absolute Gasteiger partial charge is 0.471 e. The number of carbonyl (C=O) groups excluding carboxylic acids is 1. The second-order valence-electron chi connectivity index (χ2n) is 18.6. The van der Waals surface area contributed by atoms with E-state index in [1.807, 2.05) is 48.2 Å². The molecular weight excluding hydrogens is 898 g/mol. The number of pyridine rings is 1. The third kappa shape index (κ3) is 9.19. The summed E-state index contributed by atoms with van der Waals surface area (Å²) in [5, 5.41) is 28.8. The SMILES string of the molecule is C[C@@H]1CN(c2cc(N3CCC([C@@H](O)C4=C(c5ccc(Cl)cc5)CC5(CCC5)CC4)CC3)ccc2C(=O)NS(=O)(=O)c2ccc(NC[C@@H]3COCCO3)c([N+](=O)[O-])c2)c2cc3cc[nH]c3nc2O1. The smallest absolute Gasteiger partial charge is 0.293 e. The molecule has 352 valence electrons. The summed E-state index contributed by atoms with van der Waals surface area (Å²) in [5.41, 5.74) is 6.08. The first kappa shape index (κ1) is 45.1. The molecular formula is C49H54ClN7O9S. The lowest BCUT2D eigenvalue weighted by Crippen LogP contribution is -2.40. The number of anilines is 4. The van der Waals surface area contributed by atoms with Crippen LogP contribution in [0, 0.1) is 21.4 Å². The topological polar surface area (TPSA) is 201 Å². The molecule has 67 heavy (non-hydrogen) atoms. The van der Waals surface area contributed by atoms with Crippen molar-refractivity contribution in [1.82, 2.24) is 14.7 Å². The molecule has 3 atom stereocenters. The van der Waals surface area contributed by atoms with Gasteiger partial charge in [0.15, 0.2) is 0 Å². The van der Waals surface area contributed by atoms with E-state index in [0.717, 1.165) is 60.4 Å². The Labute approximate surface area is 393 Å². The summed E-state index contributed by atoms with van der Waals surface area (Å²) in [5.74, 6) is -0.503. The second kappa shape index (κ2) is 18.4. The zero-order chi connectivity index (χ0) is 46.5. The quantitative estimate of drug-likeness (QED) is 0.0687. The Balaban J connectivity index is 0.927. The van der Waals surface area contributed by atoms with Crippen molar-refractivity contribution in [3.05, 3.63) is 111 Å². The van der Waals surface area contributed by atoms with Gasteiger partial charge in [0.25, 0.3) is 21.6 Å². The number of allylic oxidation sites excluding steroid dienone is 1. The molecule has 5 aromatic rings. The molecule has 1 saturated carbocycles. The van der Waals surface area contributed by atoms with Crippen LogP contribution in [-0.4, -0.2) is 98.6 Å². The van der Waals surface area contributed by atoms with E-state index in [0.29, 0.717) is 72.8 Å². The summed E-state index contributed by atoms with van der Waals surface area (Å²) in [6.07, 6.45) is 8.70. The summed E-state index contributed by atoms with van der Waals surface area (Å²) in [6, 6.07) is 20.6. The molecule has 3 aromatic carbocycles. The Bertz CT molecular complexity index is 2840. The highest BCUT2D eigenvalue weighted by Gasteiger charge is 2.43. The fourth-order valence-corrected chi connectivity index (χ4v) is 11.6. The van der Waals surface area contributed by atoms with Crippen molar-refractivity contribution < 1.29 is 37.5 Å². The maximum absolute atomic E-state index is 14.4. The summed E-state index contributed by atoms with van der Waals surface area (Å²) in [4.78, 5) is 37.5. The Hall–Kier alpha value is -5.72. The third-order valence-electron chi connectivity index (χ3n) is 14.3. The van der Waals surface area contributed by atoms with Crippen LogP contribution in [0.25, 0.3) is 16.6 Å². The average molecular weight is 953 g/mol. The lowest BCUT2D eigenvalue weighted by atomic mass is 9.58. The number of aromatic amines is 1. The van der Waals surface area contributed by atoms with Gasteiger partial charge in [-0.15, -0.1) is 0 Å². The van der Waals surface area contributed by atoms with Crippen LogP contribution in [0.4, 0.5) is 28.4 Å². The molecule has 0 bridgehead atoms. The molecule has 1 amide bonds. The molecule has 0 unspecified atom stereocenters. The van der Waals surface area contributed by atoms with Crippen molar-refractivity contribution >= 4 is 72.6 Å². The number of aliphatic hydroxyl groups excluding tert-OH is 1. The highest BCUT2D eigenvalue weighted by Crippen LogP contribution is 2.56. The number of piperidine rings is 1. The fourth-order valence-electron chi connectivity index (χ4n) is 10.5. The van der Waals surface area contributed by atoms with Gasteiger partial charge in [-0.3, -0.25) is 14.9 Å². The minimum Gasteiger partial charge on any atom is -0.471 e. The summed E-state index contributed by atoms with van der Waals surface area (Å²) in [7, 11) is -4.62. The highest BCUT2D eigenvalue weighted by molar-refractivity contribution is 7.90. The Kier molecular flexibility index (Phi) is 12.4. The van der Waals surface area contributed by atoms with Crippen molar-refractivity contribution in [1.29, 1.82) is 0 Å². The number of amides is 1. The number of benzene rings is 3. The number of fused-ring (bicyclic) bond motifs is 2. The predicted octanol–water partition coefficient (Wildman–Crippen LogP) is 8.37. The number of sulfonamides is 1. The van der Waals surface area contributed by atoms with Gasteiger partial charge in [-0.05, 0) is 135 Å². The van der Waals surface area contributed by atoms with E-state index in [1.54, 1.807) is 12.3 Å². The number of nitro benzene ring substituents is 1. The van der Waals surface area contributed by atoms with Crippen LogP contribution in [0.2, 0.25) is 5.02 Å². The van der Waals surface area contributed by atoms with Crippen LogP contribution in [-0.2, 0) is 19.5 Å². The first-order chi connectivity index (χ1) is 32.3. The number of hydrogen-bond acceptors (Lipinski definition) is 13. The number of halogens is 1. The molecule has 5 heterocycles. The van der Waals surface area contributed by atoms with Crippen LogP contribution in [0.3, 0.4) is 0 Å². The molecule has 0 radical (unpaired) electrons. The molecule has 10 rings (SSSR count). The average Bonchev–Trinajstić information content (AvgIpc) is 3.79. The Morgan fingerprint density at radius 1 is 1.04 bits per heavy atom. The predicted molar refractivity (Wildman–Crippen MR) is 256 cm³/mol. The molecule has 2 aromatic heterocycles. The number of aliphatic hydroxyl groups is 1. The van der Waals surface area contributed by atoms with Crippen molar-refractivity contribution in [2.45, 2.75) is 81.5 Å². The molecule has 3 aliphatic heterocycles. The zero-order valence-electron chi connectivity index (χ0n) is 37.2. The van der Waals surface area contributed by atoms with Crippen molar-refractivity contribution in [2.24, 2.45) is 11.3 Å². The molecule has 16 nitrogen and oxygen atoms in total. The van der Waals surface area contributed by atoms with Gasteiger partial charge in [0, 0.05) is 48.0 Å².